The second-order valence-electron chi connectivity index (χ2n) is 5.75. The summed E-state index contributed by atoms with van der Waals surface area (Å²) in [5.41, 5.74) is 2.15. The molecule has 3 nitrogen and oxygen atoms in total. The minimum absolute atomic E-state index is 0.207. The Labute approximate surface area is 131 Å². The van der Waals surface area contributed by atoms with Gasteiger partial charge in [0.05, 0.1) is 13.0 Å². The third-order valence-electron chi connectivity index (χ3n) is 3.93. The molecular weight excluding hydrogens is 295 g/mol. The average molecular weight is 315 g/mol. The molecule has 2 rings (SSSR count). The monoisotopic (exact) mass is 315 g/mol. The van der Waals surface area contributed by atoms with Crippen LogP contribution in [0.5, 0.6) is 0 Å². The molecule has 116 valence electrons. The van der Waals surface area contributed by atoms with Crippen molar-refractivity contribution in [2.24, 2.45) is 0 Å². The molecule has 2 unspecified atom stereocenters. The van der Waals surface area contributed by atoms with E-state index in [1.807, 2.05) is 32.9 Å². The lowest BCUT2D eigenvalue weighted by Crippen LogP contribution is -2.30. The van der Waals surface area contributed by atoms with Gasteiger partial charge in [0.15, 0.2) is 5.78 Å². The molecule has 0 aliphatic carbocycles. The number of Topliss-reactive ketones (excluding diaryl/α,β-unsaturated/α-hetero) is 1. The normalized spacial score (nSPS) is 15.1. The van der Waals surface area contributed by atoms with Crippen LogP contribution in [0.15, 0.2) is 42.5 Å². The highest BCUT2D eigenvalue weighted by atomic mass is 31.2. The molecule has 2 atom stereocenters. The first-order chi connectivity index (χ1) is 10.2. The molecule has 0 fully saturated rings. The molecule has 0 saturated carbocycles. The van der Waals surface area contributed by atoms with Crippen molar-refractivity contribution >= 4 is 18.5 Å². The maximum atomic E-state index is 12.7. The summed E-state index contributed by atoms with van der Waals surface area (Å²) >= 11 is 0. The van der Waals surface area contributed by atoms with Gasteiger partial charge < -0.3 is 9.46 Å². The van der Waals surface area contributed by atoms with Crippen molar-refractivity contribution in [3.63, 3.8) is 0 Å². The third kappa shape index (κ3) is 3.06. The van der Waals surface area contributed by atoms with Gasteiger partial charge in [-0.05, 0) is 44.1 Å². The first-order valence-electron chi connectivity index (χ1n) is 7.23. The van der Waals surface area contributed by atoms with Gasteiger partial charge in [-0.15, -0.1) is 0 Å². The Morgan fingerprint density at radius 3 is 2.05 bits per heavy atom. The van der Waals surface area contributed by atoms with Crippen molar-refractivity contribution < 1.29 is 14.3 Å². The summed E-state index contributed by atoms with van der Waals surface area (Å²) in [5, 5.41) is 0.207. The summed E-state index contributed by atoms with van der Waals surface area (Å²) in [6.07, 6.45) is 0. The number of rotatable bonds is 4. The number of carbonyl (C=O) groups is 1. The third-order valence-corrected chi connectivity index (χ3v) is 6.20. The van der Waals surface area contributed by atoms with E-state index in [0.29, 0.717) is 5.56 Å². The predicted molar refractivity (Wildman–Crippen MR) is 88.1 cm³/mol. The highest BCUT2D eigenvalue weighted by Crippen LogP contribution is 2.42. The van der Waals surface area contributed by atoms with Gasteiger partial charge in [-0.3, -0.25) is 4.79 Å². The van der Waals surface area contributed by atoms with Gasteiger partial charge in [-0.1, -0.05) is 48.0 Å². The van der Waals surface area contributed by atoms with E-state index in [1.165, 1.54) is 19.1 Å². The Morgan fingerprint density at radius 1 is 1.05 bits per heavy atom. The van der Waals surface area contributed by atoms with Gasteiger partial charge in [-0.2, -0.15) is 0 Å². The van der Waals surface area contributed by atoms with Crippen LogP contribution in [-0.2, 0) is 4.57 Å². The number of aryl methyl sites for hydroxylation is 3. The fourth-order valence-corrected chi connectivity index (χ4v) is 4.26. The molecule has 2 aromatic carbocycles. The Morgan fingerprint density at radius 2 is 1.55 bits per heavy atom. The molecule has 0 amide bonds. The molecule has 0 aliphatic heterocycles. The van der Waals surface area contributed by atoms with Gasteiger partial charge in [0.2, 0.25) is 0 Å². The summed E-state index contributed by atoms with van der Waals surface area (Å²) in [7, 11) is -4.01. The van der Waals surface area contributed by atoms with E-state index >= 15 is 0 Å². The summed E-state index contributed by atoms with van der Waals surface area (Å²) in [6, 6.07) is 12.0. The van der Waals surface area contributed by atoms with Crippen LogP contribution in [0, 0.1) is 20.8 Å². The Kier molecular flexibility index (Phi) is 4.69. The molecule has 0 aromatic heterocycles. The lowest BCUT2D eigenvalue weighted by atomic mass is 9.95. The van der Waals surface area contributed by atoms with Crippen LogP contribution in [-0.4, -0.2) is 11.4 Å². The second-order valence-corrected chi connectivity index (χ2v) is 8.23. The van der Waals surface area contributed by atoms with Crippen molar-refractivity contribution in [2.45, 2.75) is 33.4 Å². The summed E-state index contributed by atoms with van der Waals surface area (Å²) < 4.78 is 12.6. The van der Waals surface area contributed by atoms with Gasteiger partial charge in [0.25, 0.3) is 0 Å². The molecule has 0 spiro atoms. The molecule has 0 saturated heterocycles. The zero-order valence-electron chi connectivity index (χ0n) is 13.3. The van der Waals surface area contributed by atoms with Crippen molar-refractivity contribution in [3.8, 4) is 0 Å². The van der Waals surface area contributed by atoms with Gasteiger partial charge in [0, 0.05) is 5.56 Å². The molecule has 0 heterocycles. The topological polar surface area (TPSA) is 57.2 Å². The van der Waals surface area contributed by atoms with Gasteiger partial charge in [0.1, 0.15) is 0 Å². The summed E-state index contributed by atoms with van der Waals surface area (Å²) in [6.45, 7) is 7.12. The Hall–Kier alpha value is -1.70. The van der Waals surface area contributed by atoms with Gasteiger partial charge in [-0.25, -0.2) is 0 Å². The van der Waals surface area contributed by atoms with Crippen molar-refractivity contribution in [1.82, 2.24) is 0 Å². The SMILES string of the molecule is Cc1cc(C)c(C(=O)C(C)P(=O)([O-])c2ccccc2)c(C)c1. The van der Waals surface area contributed by atoms with Crippen molar-refractivity contribution in [3.05, 3.63) is 64.7 Å². The summed E-state index contributed by atoms with van der Waals surface area (Å²) in [4.78, 5) is 25.4. The number of hydrogen-bond donors (Lipinski definition) is 0. The van der Waals surface area contributed by atoms with E-state index in [0.717, 1.165) is 16.7 Å². The van der Waals surface area contributed by atoms with Crippen LogP contribution in [0.2, 0.25) is 0 Å². The van der Waals surface area contributed by atoms with E-state index in [1.54, 1.807) is 18.2 Å². The molecular formula is C18H20O3P-. The van der Waals surface area contributed by atoms with E-state index in [2.05, 4.69) is 0 Å². The number of ketones is 1. The lowest BCUT2D eigenvalue weighted by molar-refractivity contribution is -0.172. The van der Waals surface area contributed by atoms with E-state index in [-0.39, 0.29) is 11.1 Å². The smallest absolute Gasteiger partial charge is 0.172 e. The number of hydrogen-bond acceptors (Lipinski definition) is 3. The van der Waals surface area contributed by atoms with E-state index in [9.17, 15) is 14.3 Å². The zero-order valence-corrected chi connectivity index (χ0v) is 14.2. The zero-order chi connectivity index (χ0) is 16.5. The largest absolute Gasteiger partial charge is 0.795 e. The van der Waals surface area contributed by atoms with Crippen LogP contribution in [0.4, 0.5) is 0 Å². The predicted octanol–water partition coefficient (Wildman–Crippen LogP) is 3.15. The fraction of sp³-hybridized carbons (Fsp3) is 0.278. The first kappa shape index (κ1) is 16.7. The molecule has 2 aromatic rings. The number of carbonyl (C=O) groups excluding carboxylic acids is 1. The van der Waals surface area contributed by atoms with Gasteiger partial charge >= 0.3 is 0 Å². The average Bonchev–Trinajstić information content (AvgIpc) is 2.46. The second kappa shape index (κ2) is 6.20. The van der Waals surface area contributed by atoms with Crippen LogP contribution in [0.3, 0.4) is 0 Å². The lowest BCUT2D eigenvalue weighted by Gasteiger charge is -2.30. The molecule has 0 aliphatic rings. The maximum Gasteiger partial charge on any atom is 0.172 e. The first-order valence-corrected chi connectivity index (χ1v) is 8.93. The van der Waals surface area contributed by atoms with Crippen molar-refractivity contribution in [2.75, 3.05) is 0 Å². The minimum atomic E-state index is -4.01. The maximum absolute atomic E-state index is 12.7. The van der Waals surface area contributed by atoms with Crippen LogP contribution < -0.4 is 10.2 Å². The molecule has 0 N–H and O–H groups in total. The standard InChI is InChI=1S/C18H21O3P/c1-12-10-13(2)17(14(3)11-12)18(19)15(4)22(20,21)16-8-6-5-7-9-16/h5-11,15H,1-4H3,(H,20,21)/p-1. The van der Waals surface area contributed by atoms with E-state index < -0.39 is 13.0 Å². The quantitative estimate of drug-likeness (QED) is 0.643. The number of benzene rings is 2. The fourth-order valence-electron chi connectivity index (χ4n) is 2.79. The van der Waals surface area contributed by atoms with Crippen LogP contribution in [0.1, 0.15) is 34.0 Å². The Bertz CT molecular complexity index is 727. The Balaban J connectivity index is 2.44. The highest BCUT2D eigenvalue weighted by molar-refractivity contribution is 7.66. The van der Waals surface area contributed by atoms with Crippen LogP contribution >= 0.6 is 7.37 Å². The minimum Gasteiger partial charge on any atom is -0.795 e. The van der Waals surface area contributed by atoms with E-state index in [4.69, 9.17) is 0 Å². The molecule has 22 heavy (non-hydrogen) atoms. The molecule has 0 radical (unpaired) electrons. The summed E-state index contributed by atoms with van der Waals surface area (Å²) in [5.74, 6) is -0.336. The molecule has 0 bridgehead atoms. The molecule has 4 heteroatoms. The highest BCUT2D eigenvalue weighted by Gasteiger charge is 2.29. The van der Waals surface area contributed by atoms with Crippen molar-refractivity contribution in [1.29, 1.82) is 0 Å². The van der Waals surface area contributed by atoms with Crippen LogP contribution in [0.25, 0.3) is 0 Å².